The lowest BCUT2D eigenvalue weighted by Gasteiger charge is -2.29. The first-order valence-corrected chi connectivity index (χ1v) is 9.99. The fourth-order valence-electron chi connectivity index (χ4n) is 3.49. The molecule has 2 atom stereocenters. The predicted molar refractivity (Wildman–Crippen MR) is 111 cm³/mol. The standard InChI is InChI=1S/C20H24ClN7O/c1-12-25-19(23-2)28-20(26-12)27-16-5-3-4-14(9-16)18(29)24-11-15-7-6-13(10-22)8-17(15)21/h6-8,14,16H,3-5,9,11H2,1-2H3,(H,24,29)(H2,23,25,26,27,28)/t14-,16+/m1/s1. The number of hydrogen-bond donors (Lipinski definition) is 3. The topological polar surface area (TPSA) is 116 Å². The van der Waals surface area contributed by atoms with Crippen LogP contribution in [-0.2, 0) is 11.3 Å². The maximum Gasteiger partial charge on any atom is 0.227 e. The molecule has 1 saturated carbocycles. The molecule has 0 unspecified atom stereocenters. The second-order valence-corrected chi connectivity index (χ2v) is 7.53. The molecule has 1 aliphatic carbocycles. The average Bonchev–Trinajstić information content (AvgIpc) is 2.72. The lowest BCUT2D eigenvalue weighted by Crippen LogP contribution is -2.37. The largest absolute Gasteiger partial charge is 0.357 e. The summed E-state index contributed by atoms with van der Waals surface area (Å²) in [4.78, 5) is 25.5. The fraction of sp³-hybridized carbons (Fsp3) is 0.450. The summed E-state index contributed by atoms with van der Waals surface area (Å²) in [7, 11) is 1.76. The van der Waals surface area contributed by atoms with Gasteiger partial charge in [-0.3, -0.25) is 4.79 Å². The van der Waals surface area contributed by atoms with Gasteiger partial charge in [0, 0.05) is 30.6 Å². The highest BCUT2D eigenvalue weighted by Crippen LogP contribution is 2.27. The summed E-state index contributed by atoms with van der Waals surface area (Å²) in [6.07, 6.45) is 3.48. The van der Waals surface area contributed by atoms with Crippen LogP contribution in [0, 0.1) is 24.2 Å². The van der Waals surface area contributed by atoms with Crippen molar-refractivity contribution < 1.29 is 4.79 Å². The lowest BCUT2D eigenvalue weighted by molar-refractivity contribution is -0.126. The molecule has 29 heavy (non-hydrogen) atoms. The Hall–Kier alpha value is -2.92. The summed E-state index contributed by atoms with van der Waals surface area (Å²) in [6, 6.07) is 7.26. The molecule has 8 nitrogen and oxygen atoms in total. The summed E-state index contributed by atoms with van der Waals surface area (Å²) >= 11 is 6.19. The number of nitrogens with one attached hydrogen (secondary N) is 3. The van der Waals surface area contributed by atoms with Crippen LogP contribution in [0.1, 0.15) is 42.6 Å². The molecule has 3 N–H and O–H groups in total. The number of benzene rings is 1. The van der Waals surface area contributed by atoms with E-state index in [2.05, 4.69) is 37.0 Å². The Morgan fingerprint density at radius 3 is 2.79 bits per heavy atom. The molecule has 0 aliphatic heterocycles. The van der Waals surface area contributed by atoms with Crippen LogP contribution in [0.2, 0.25) is 5.02 Å². The number of anilines is 2. The van der Waals surface area contributed by atoms with Gasteiger partial charge in [-0.1, -0.05) is 24.1 Å². The molecule has 1 amide bonds. The SMILES string of the molecule is CNc1nc(C)nc(N[C@H]2CCC[C@@H](C(=O)NCc3ccc(C#N)cc3Cl)C2)n1. The molecule has 0 bridgehead atoms. The zero-order chi connectivity index (χ0) is 20.8. The van der Waals surface area contributed by atoms with Crippen molar-refractivity contribution in [2.75, 3.05) is 17.7 Å². The summed E-state index contributed by atoms with van der Waals surface area (Å²) in [5.41, 5.74) is 1.30. The molecule has 9 heteroatoms. The predicted octanol–water partition coefficient (Wildman–Crippen LogP) is 3.03. The van der Waals surface area contributed by atoms with Crippen molar-refractivity contribution in [2.45, 2.75) is 45.2 Å². The molecule has 1 aromatic heterocycles. The van der Waals surface area contributed by atoms with Crippen LogP contribution in [0.4, 0.5) is 11.9 Å². The summed E-state index contributed by atoms with van der Waals surface area (Å²) < 4.78 is 0. The minimum Gasteiger partial charge on any atom is -0.357 e. The summed E-state index contributed by atoms with van der Waals surface area (Å²) in [5.74, 6) is 1.61. The zero-order valence-corrected chi connectivity index (χ0v) is 17.3. The maximum absolute atomic E-state index is 12.7. The van der Waals surface area contributed by atoms with E-state index in [4.69, 9.17) is 16.9 Å². The number of carbonyl (C=O) groups is 1. The molecule has 3 rings (SSSR count). The van der Waals surface area contributed by atoms with Gasteiger partial charge in [0.1, 0.15) is 5.82 Å². The molecule has 2 aromatic rings. The molecule has 1 fully saturated rings. The van der Waals surface area contributed by atoms with Gasteiger partial charge < -0.3 is 16.0 Å². The van der Waals surface area contributed by atoms with Crippen molar-refractivity contribution >= 4 is 29.4 Å². The van der Waals surface area contributed by atoms with Crippen molar-refractivity contribution in [3.8, 4) is 6.07 Å². The number of aryl methyl sites for hydroxylation is 1. The van der Waals surface area contributed by atoms with Gasteiger partial charge in [0.25, 0.3) is 0 Å². The van der Waals surface area contributed by atoms with Gasteiger partial charge >= 0.3 is 0 Å². The first-order valence-electron chi connectivity index (χ1n) is 9.61. The number of halogens is 1. The third-order valence-electron chi connectivity index (χ3n) is 4.98. The van der Waals surface area contributed by atoms with Crippen molar-refractivity contribution in [1.82, 2.24) is 20.3 Å². The molecule has 1 aromatic carbocycles. The van der Waals surface area contributed by atoms with Crippen LogP contribution in [0.3, 0.4) is 0 Å². The Balaban J connectivity index is 1.57. The van der Waals surface area contributed by atoms with Crippen molar-refractivity contribution in [3.05, 3.63) is 40.2 Å². The van der Waals surface area contributed by atoms with Crippen LogP contribution >= 0.6 is 11.6 Å². The Labute approximate surface area is 175 Å². The van der Waals surface area contributed by atoms with Gasteiger partial charge in [0.05, 0.1) is 11.6 Å². The normalized spacial score (nSPS) is 18.6. The zero-order valence-electron chi connectivity index (χ0n) is 16.5. The van der Waals surface area contributed by atoms with Crippen molar-refractivity contribution in [2.24, 2.45) is 5.92 Å². The van der Waals surface area contributed by atoms with Gasteiger partial charge in [-0.2, -0.15) is 20.2 Å². The Morgan fingerprint density at radius 1 is 1.28 bits per heavy atom. The quantitative estimate of drug-likeness (QED) is 0.666. The number of rotatable bonds is 6. The van der Waals surface area contributed by atoms with Crippen molar-refractivity contribution in [3.63, 3.8) is 0 Å². The first-order chi connectivity index (χ1) is 14.0. The summed E-state index contributed by atoms with van der Waals surface area (Å²) in [6.45, 7) is 2.16. The number of hydrogen-bond acceptors (Lipinski definition) is 7. The Morgan fingerprint density at radius 2 is 2.07 bits per heavy atom. The Kier molecular flexibility index (Phi) is 6.83. The smallest absolute Gasteiger partial charge is 0.227 e. The van der Waals surface area contributed by atoms with Gasteiger partial charge in [-0.05, 0) is 43.9 Å². The van der Waals surface area contributed by atoms with E-state index in [0.717, 1.165) is 24.8 Å². The number of nitriles is 1. The molecular weight excluding hydrogens is 390 g/mol. The van der Waals surface area contributed by atoms with E-state index in [1.165, 1.54) is 0 Å². The average molecular weight is 414 g/mol. The fourth-order valence-corrected chi connectivity index (χ4v) is 3.73. The third kappa shape index (κ3) is 5.55. The molecular formula is C20H24ClN7O. The van der Waals surface area contributed by atoms with Crippen LogP contribution in [0.15, 0.2) is 18.2 Å². The molecule has 1 aliphatic rings. The highest BCUT2D eigenvalue weighted by atomic mass is 35.5. The lowest BCUT2D eigenvalue weighted by atomic mass is 9.85. The highest BCUT2D eigenvalue weighted by Gasteiger charge is 2.27. The number of amides is 1. The second-order valence-electron chi connectivity index (χ2n) is 7.12. The van der Waals surface area contributed by atoms with Crippen molar-refractivity contribution in [1.29, 1.82) is 5.26 Å². The molecule has 1 heterocycles. The number of aromatic nitrogens is 3. The minimum atomic E-state index is -0.0786. The van der Waals surface area contributed by atoms with E-state index in [1.54, 1.807) is 25.2 Å². The van der Waals surface area contributed by atoms with Gasteiger partial charge in [-0.25, -0.2) is 0 Å². The highest BCUT2D eigenvalue weighted by molar-refractivity contribution is 6.31. The van der Waals surface area contributed by atoms with E-state index in [1.807, 2.05) is 6.92 Å². The molecule has 152 valence electrons. The van der Waals surface area contributed by atoms with E-state index < -0.39 is 0 Å². The number of nitrogens with zero attached hydrogens (tertiary/aromatic N) is 4. The van der Waals surface area contributed by atoms with E-state index in [-0.39, 0.29) is 17.9 Å². The minimum absolute atomic E-state index is 0.0136. The van der Waals surface area contributed by atoms with Crippen LogP contribution < -0.4 is 16.0 Å². The van der Waals surface area contributed by atoms with Crippen LogP contribution in [0.25, 0.3) is 0 Å². The van der Waals surface area contributed by atoms with E-state index in [9.17, 15) is 4.79 Å². The number of carbonyl (C=O) groups excluding carboxylic acids is 1. The first kappa shape index (κ1) is 20.8. The van der Waals surface area contributed by atoms with Crippen LogP contribution in [0.5, 0.6) is 0 Å². The monoisotopic (exact) mass is 413 g/mol. The third-order valence-corrected chi connectivity index (χ3v) is 5.34. The van der Waals surface area contributed by atoms with Gasteiger partial charge in [-0.15, -0.1) is 0 Å². The molecule has 0 spiro atoms. The second kappa shape index (κ2) is 9.52. The summed E-state index contributed by atoms with van der Waals surface area (Å²) in [5, 5.41) is 18.6. The molecule has 0 radical (unpaired) electrons. The van der Waals surface area contributed by atoms with Gasteiger partial charge in [0.2, 0.25) is 17.8 Å². The van der Waals surface area contributed by atoms with E-state index in [0.29, 0.717) is 41.3 Å². The maximum atomic E-state index is 12.7. The van der Waals surface area contributed by atoms with E-state index >= 15 is 0 Å². The van der Waals surface area contributed by atoms with Gasteiger partial charge in [0.15, 0.2) is 0 Å². The van der Waals surface area contributed by atoms with Crippen LogP contribution in [-0.4, -0.2) is 33.9 Å². The molecule has 0 saturated heterocycles. The Bertz CT molecular complexity index is 928.